The first-order chi connectivity index (χ1) is 6.36. The number of cyclic esters (lactones) is 1. The summed E-state index contributed by atoms with van der Waals surface area (Å²) in [5.74, 6) is -0.0558. The van der Waals surface area contributed by atoms with Crippen molar-refractivity contribution in [3.05, 3.63) is 0 Å². The Morgan fingerprint density at radius 1 is 1.38 bits per heavy atom. The van der Waals surface area contributed by atoms with Crippen LogP contribution in [-0.4, -0.2) is 36.3 Å². The molecule has 0 amide bonds. The molecule has 4 heteroatoms. The average molecular weight is 183 g/mol. The van der Waals surface area contributed by atoms with E-state index in [2.05, 4.69) is 0 Å². The SMILES string of the molecule is O=C1OC[C@@H]2ON3CCCC[C@H]3[C@H]12. The lowest BCUT2D eigenvalue weighted by Gasteiger charge is -2.28. The molecule has 0 aliphatic carbocycles. The van der Waals surface area contributed by atoms with E-state index >= 15 is 0 Å². The summed E-state index contributed by atoms with van der Waals surface area (Å²) >= 11 is 0. The molecule has 3 atom stereocenters. The highest BCUT2D eigenvalue weighted by Gasteiger charge is 2.52. The highest BCUT2D eigenvalue weighted by atomic mass is 16.7. The minimum Gasteiger partial charge on any atom is -0.462 e. The van der Waals surface area contributed by atoms with Gasteiger partial charge in [-0.1, -0.05) is 6.42 Å². The molecular formula is C9H13NO3. The zero-order chi connectivity index (χ0) is 8.84. The van der Waals surface area contributed by atoms with Crippen molar-refractivity contribution in [3.8, 4) is 0 Å². The monoisotopic (exact) mass is 183 g/mol. The quantitative estimate of drug-likeness (QED) is 0.507. The molecule has 0 unspecified atom stereocenters. The van der Waals surface area contributed by atoms with Crippen LogP contribution in [0.4, 0.5) is 0 Å². The number of carbonyl (C=O) groups is 1. The second-order valence-electron chi connectivity index (χ2n) is 4.00. The largest absolute Gasteiger partial charge is 0.462 e. The molecule has 0 saturated carbocycles. The Bertz CT molecular complexity index is 243. The fraction of sp³-hybridized carbons (Fsp3) is 0.889. The molecule has 3 rings (SSSR count). The molecule has 13 heavy (non-hydrogen) atoms. The summed E-state index contributed by atoms with van der Waals surface area (Å²) in [4.78, 5) is 17.0. The fourth-order valence-electron chi connectivity index (χ4n) is 2.61. The molecule has 3 aliphatic rings. The first kappa shape index (κ1) is 7.76. The summed E-state index contributed by atoms with van der Waals surface area (Å²) in [6.45, 7) is 1.43. The van der Waals surface area contributed by atoms with Gasteiger partial charge in [0.25, 0.3) is 0 Å². The summed E-state index contributed by atoms with van der Waals surface area (Å²) in [5, 5.41) is 2.00. The summed E-state index contributed by atoms with van der Waals surface area (Å²) in [5.41, 5.74) is 0. The summed E-state index contributed by atoms with van der Waals surface area (Å²) in [6.07, 6.45) is 3.48. The summed E-state index contributed by atoms with van der Waals surface area (Å²) in [6, 6.07) is 0.300. The molecule has 0 aromatic heterocycles. The van der Waals surface area contributed by atoms with Gasteiger partial charge >= 0.3 is 5.97 Å². The Morgan fingerprint density at radius 3 is 3.23 bits per heavy atom. The summed E-state index contributed by atoms with van der Waals surface area (Å²) < 4.78 is 4.98. The Hall–Kier alpha value is -0.610. The van der Waals surface area contributed by atoms with Gasteiger partial charge in [-0.2, -0.15) is 5.06 Å². The first-order valence-electron chi connectivity index (χ1n) is 4.96. The van der Waals surface area contributed by atoms with E-state index < -0.39 is 0 Å². The van der Waals surface area contributed by atoms with Crippen molar-refractivity contribution in [2.45, 2.75) is 31.4 Å². The van der Waals surface area contributed by atoms with Crippen LogP contribution in [0.1, 0.15) is 19.3 Å². The number of rotatable bonds is 0. The van der Waals surface area contributed by atoms with Crippen LogP contribution in [0.3, 0.4) is 0 Å². The lowest BCUT2D eigenvalue weighted by Crippen LogP contribution is -2.38. The zero-order valence-corrected chi connectivity index (χ0v) is 7.44. The second kappa shape index (κ2) is 2.69. The number of esters is 1. The van der Waals surface area contributed by atoms with Gasteiger partial charge in [0.05, 0.1) is 6.04 Å². The number of fused-ring (bicyclic) bond motifs is 3. The number of ether oxygens (including phenoxy) is 1. The second-order valence-corrected chi connectivity index (χ2v) is 4.00. The molecule has 3 aliphatic heterocycles. The molecule has 0 aromatic carbocycles. The van der Waals surface area contributed by atoms with E-state index in [1.165, 1.54) is 12.8 Å². The molecule has 72 valence electrons. The summed E-state index contributed by atoms with van der Waals surface area (Å²) in [7, 11) is 0. The van der Waals surface area contributed by atoms with Gasteiger partial charge in [-0.3, -0.25) is 9.63 Å². The number of carbonyl (C=O) groups excluding carboxylic acids is 1. The molecule has 0 radical (unpaired) electrons. The Kier molecular flexibility index (Phi) is 1.60. The highest BCUT2D eigenvalue weighted by Crippen LogP contribution is 2.37. The van der Waals surface area contributed by atoms with Crippen molar-refractivity contribution >= 4 is 5.97 Å². The maximum atomic E-state index is 11.4. The van der Waals surface area contributed by atoms with Crippen LogP contribution >= 0.6 is 0 Å². The Labute approximate surface area is 76.7 Å². The van der Waals surface area contributed by atoms with Crippen molar-refractivity contribution in [2.75, 3.05) is 13.2 Å². The third-order valence-corrected chi connectivity index (χ3v) is 3.25. The van der Waals surface area contributed by atoms with Gasteiger partial charge in [-0.15, -0.1) is 0 Å². The topological polar surface area (TPSA) is 38.8 Å². The van der Waals surface area contributed by atoms with Gasteiger partial charge in [-0.05, 0) is 12.8 Å². The van der Waals surface area contributed by atoms with Gasteiger partial charge in [0.2, 0.25) is 0 Å². The van der Waals surface area contributed by atoms with Gasteiger partial charge in [0.1, 0.15) is 18.6 Å². The maximum Gasteiger partial charge on any atom is 0.313 e. The van der Waals surface area contributed by atoms with E-state index in [1.54, 1.807) is 0 Å². The van der Waals surface area contributed by atoms with Crippen molar-refractivity contribution in [3.63, 3.8) is 0 Å². The molecule has 3 fully saturated rings. The Morgan fingerprint density at radius 2 is 2.31 bits per heavy atom. The minimum absolute atomic E-state index is 0.000278. The third kappa shape index (κ3) is 1.02. The van der Waals surface area contributed by atoms with Crippen LogP contribution in [0.25, 0.3) is 0 Å². The van der Waals surface area contributed by atoms with Crippen LogP contribution in [0.2, 0.25) is 0 Å². The van der Waals surface area contributed by atoms with Crippen molar-refractivity contribution in [1.82, 2.24) is 5.06 Å². The van der Waals surface area contributed by atoms with E-state index in [1.807, 2.05) is 5.06 Å². The van der Waals surface area contributed by atoms with Gasteiger partial charge in [0, 0.05) is 6.54 Å². The number of nitrogens with zero attached hydrogens (tertiary/aromatic N) is 1. The predicted molar refractivity (Wildman–Crippen MR) is 43.7 cm³/mol. The molecule has 4 nitrogen and oxygen atoms in total. The van der Waals surface area contributed by atoms with Crippen LogP contribution in [0.5, 0.6) is 0 Å². The van der Waals surface area contributed by atoms with Gasteiger partial charge < -0.3 is 4.74 Å². The fourth-order valence-corrected chi connectivity index (χ4v) is 2.61. The minimum atomic E-state index is -0.0561. The van der Waals surface area contributed by atoms with Crippen LogP contribution in [-0.2, 0) is 14.4 Å². The van der Waals surface area contributed by atoms with Crippen molar-refractivity contribution < 1.29 is 14.4 Å². The van der Waals surface area contributed by atoms with Crippen molar-refractivity contribution in [2.24, 2.45) is 5.92 Å². The van der Waals surface area contributed by atoms with Crippen LogP contribution in [0, 0.1) is 5.92 Å². The van der Waals surface area contributed by atoms with E-state index in [-0.39, 0.29) is 18.0 Å². The number of piperidine rings is 1. The zero-order valence-electron chi connectivity index (χ0n) is 7.44. The smallest absolute Gasteiger partial charge is 0.313 e. The number of hydrogen-bond acceptors (Lipinski definition) is 4. The van der Waals surface area contributed by atoms with Gasteiger partial charge in [-0.25, -0.2) is 0 Å². The van der Waals surface area contributed by atoms with Crippen molar-refractivity contribution in [1.29, 1.82) is 0 Å². The Balaban J connectivity index is 1.85. The van der Waals surface area contributed by atoms with E-state index in [0.717, 1.165) is 13.0 Å². The molecule has 0 spiro atoms. The lowest BCUT2D eigenvalue weighted by molar-refractivity contribution is -0.181. The van der Waals surface area contributed by atoms with E-state index in [4.69, 9.17) is 9.57 Å². The highest BCUT2D eigenvalue weighted by molar-refractivity contribution is 5.76. The standard InChI is InChI=1S/C9H13NO3/c11-9-8-6-3-1-2-4-10(6)13-7(8)5-12-9/h6-8H,1-5H2/t6-,7-,8-/m0/s1. The van der Waals surface area contributed by atoms with Gasteiger partial charge in [0.15, 0.2) is 0 Å². The molecule has 3 heterocycles. The molecular weight excluding hydrogens is 170 g/mol. The normalized spacial score (nSPS) is 44.3. The van der Waals surface area contributed by atoms with Crippen LogP contribution in [0.15, 0.2) is 0 Å². The maximum absolute atomic E-state index is 11.4. The molecule has 0 N–H and O–H groups in total. The van der Waals surface area contributed by atoms with E-state index in [0.29, 0.717) is 12.6 Å². The van der Waals surface area contributed by atoms with Crippen LogP contribution < -0.4 is 0 Å². The molecule has 0 bridgehead atoms. The predicted octanol–water partition coefficient (Wildman–Crippen LogP) is 0.328. The van der Waals surface area contributed by atoms with E-state index in [9.17, 15) is 4.79 Å². The number of hydrogen-bond donors (Lipinski definition) is 0. The molecule has 3 saturated heterocycles. The average Bonchev–Trinajstić information content (AvgIpc) is 2.66. The lowest BCUT2D eigenvalue weighted by atomic mass is 9.91. The number of hydroxylamine groups is 2. The third-order valence-electron chi connectivity index (χ3n) is 3.25. The molecule has 0 aromatic rings. The first-order valence-corrected chi connectivity index (χ1v) is 4.96.